The number of benzene rings is 2. The Morgan fingerprint density at radius 3 is 2.45 bits per heavy atom. The molecule has 6 nitrogen and oxygen atoms in total. The second-order valence-corrected chi connectivity index (χ2v) is 7.79. The molecule has 3 rings (SSSR count). The highest BCUT2D eigenvalue weighted by atomic mass is 16.5. The van der Waals surface area contributed by atoms with Crippen molar-refractivity contribution in [2.45, 2.75) is 39.0 Å². The highest BCUT2D eigenvalue weighted by molar-refractivity contribution is 5.95. The molecular formula is C25H29N3O3. The summed E-state index contributed by atoms with van der Waals surface area (Å²) < 4.78 is 5.43. The van der Waals surface area contributed by atoms with Crippen LogP contribution in [0, 0.1) is 5.92 Å². The number of hydrogen-bond acceptors (Lipinski definition) is 5. The molecular weight excluding hydrogens is 390 g/mol. The maximum atomic E-state index is 12.7. The third kappa shape index (κ3) is 6.54. The summed E-state index contributed by atoms with van der Waals surface area (Å²) in [5.41, 5.74) is 0.891. The molecule has 2 N–H and O–H groups in total. The molecule has 3 aromatic rings. The zero-order chi connectivity index (χ0) is 22.1. The van der Waals surface area contributed by atoms with Gasteiger partial charge in [0.2, 0.25) is 0 Å². The summed E-state index contributed by atoms with van der Waals surface area (Å²) >= 11 is 0. The van der Waals surface area contributed by atoms with Gasteiger partial charge in [-0.2, -0.15) is 4.98 Å². The van der Waals surface area contributed by atoms with Gasteiger partial charge in [0.05, 0.1) is 0 Å². The molecule has 1 heterocycles. The van der Waals surface area contributed by atoms with E-state index in [-0.39, 0.29) is 17.3 Å². The lowest BCUT2D eigenvalue weighted by molar-refractivity contribution is 0.0735. The zero-order valence-electron chi connectivity index (χ0n) is 18.0. The van der Waals surface area contributed by atoms with Crippen LogP contribution in [-0.4, -0.2) is 22.5 Å². The van der Waals surface area contributed by atoms with Crippen LogP contribution in [0.2, 0.25) is 0 Å². The second kappa shape index (κ2) is 11.1. The van der Waals surface area contributed by atoms with Crippen molar-refractivity contribution < 1.29 is 9.53 Å². The normalized spacial score (nSPS) is 12.7. The van der Waals surface area contributed by atoms with Gasteiger partial charge in [0, 0.05) is 18.7 Å². The molecule has 2 atom stereocenters. The fourth-order valence-corrected chi connectivity index (χ4v) is 3.72. The first-order chi connectivity index (χ1) is 15.1. The predicted molar refractivity (Wildman–Crippen MR) is 123 cm³/mol. The van der Waals surface area contributed by atoms with E-state index < -0.39 is 11.7 Å². The van der Waals surface area contributed by atoms with Crippen LogP contribution in [0.25, 0.3) is 0 Å². The van der Waals surface area contributed by atoms with Crippen LogP contribution >= 0.6 is 0 Å². The molecule has 0 saturated heterocycles. The molecule has 2 unspecified atom stereocenters. The van der Waals surface area contributed by atoms with E-state index in [1.807, 2.05) is 24.3 Å². The molecule has 0 radical (unpaired) electrons. The lowest BCUT2D eigenvalue weighted by Gasteiger charge is -2.22. The summed E-state index contributed by atoms with van der Waals surface area (Å²) in [4.78, 5) is 31.0. The van der Waals surface area contributed by atoms with Crippen molar-refractivity contribution in [2.24, 2.45) is 5.92 Å². The maximum Gasteiger partial charge on any atom is 0.348 e. The SMILES string of the molecule is CCCC(C)CC(CNc1nc(=O)[nH]cc1C(=O)Oc1ccccc1)c1ccccc1. The van der Waals surface area contributed by atoms with Crippen molar-refractivity contribution >= 4 is 11.8 Å². The minimum Gasteiger partial charge on any atom is -0.423 e. The minimum atomic E-state index is -0.576. The van der Waals surface area contributed by atoms with E-state index in [9.17, 15) is 9.59 Å². The number of rotatable bonds is 10. The monoisotopic (exact) mass is 419 g/mol. The molecule has 0 amide bonds. The summed E-state index contributed by atoms with van der Waals surface area (Å²) in [7, 11) is 0. The Hall–Kier alpha value is -3.41. The summed E-state index contributed by atoms with van der Waals surface area (Å²) in [5.74, 6) is 0.871. The van der Waals surface area contributed by atoms with E-state index in [0.29, 0.717) is 18.2 Å². The number of carbonyl (C=O) groups is 1. The highest BCUT2D eigenvalue weighted by Gasteiger charge is 2.19. The highest BCUT2D eigenvalue weighted by Crippen LogP contribution is 2.27. The van der Waals surface area contributed by atoms with Gasteiger partial charge >= 0.3 is 11.7 Å². The molecule has 0 aliphatic carbocycles. The van der Waals surface area contributed by atoms with E-state index >= 15 is 0 Å². The Balaban J connectivity index is 1.78. The van der Waals surface area contributed by atoms with E-state index in [4.69, 9.17) is 4.74 Å². The van der Waals surface area contributed by atoms with Crippen molar-refractivity contribution in [2.75, 3.05) is 11.9 Å². The van der Waals surface area contributed by atoms with Crippen LogP contribution in [0.15, 0.2) is 71.7 Å². The number of ether oxygens (including phenoxy) is 1. The number of anilines is 1. The topological polar surface area (TPSA) is 84.1 Å². The van der Waals surface area contributed by atoms with E-state index in [0.717, 1.165) is 19.3 Å². The number of nitrogens with zero attached hydrogens (tertiary/aromatic N) is 1. The van der Waals surface area contributed by atoms with Crippen molar-refractivity contribution in [1.29, 1.82) is 0 Å². The first kappa shape index (κ1) is 22.3. The molecule has 162 valence electrons. The largest absolute Gasteiger partial charge is 0.423 e. The molecule has 0 aliphatic heterocycles. The van der Waals surface area contributed by atoms with Gasteiger partial charge < -0.3 is 15.0 Å². The second-order valence-electron chi connectivity index (χ2n) is 7.79. The first-order valence-corrected chi connectivity index (χ1v) is 10.7. The summed E-state index contributed by atoms with van der Waals surface area (Å²) in [6, 6.07) is 19.1. The Kier molecular flexibility index (Phi) is 7.98. The number of carbonyl (C=O) groups excluding carboxylic acids is 1. The molecule has 31 heavy (non-hydrogen) atoms. The average molecular weight is 420 g/mol. The number of para-hydroxylation sites is 1. The van der Waals surface area contributed by atoms with Gasteiger partial charge in [-0.1, -0.05) is 75.2 Å². The number of hydrogen-bond donors (Lipinski definition) is 2. The number of aromatic amines is 1. The minimum absolute atomic E-state index is 0.192. The van der Waals surface area contributed by atoms with E-state index in [1.54, 1.807) is 24.3 Å². The van der Waals surface area contributed by atoms with Crippen LogP contribution in [0.3, 0.4) is 0 Å². The lowest BCUT2D eigenvalue weighted by atomic mass is 9.87. The van der Waals surface area contributed by atoms with Crippen molar-refractivity contribution in [3.8, 4) is 5.75 Å². The van der Waals surface area contributed by atoms with Gasteiger partial charge in [0.25, 0.3) is 0 Å². The third-order valence-electron chi connectivity index (χ3n) is 5.24. The summed E-state index contributed by atoms with van der Waals surface area (Å²) in [5, 5.41) is 3.23. The number of aromatic nitrogens is 2. The van der Waals surface area contributed by atoms with Gasteiger partial charge in [-0.25, -0.2) is 9.59 Å². The van der Waals surface area contributed by atoms with Crippen molar-refractivity contribution in [1.82, 2.24) is 9.97 Å². The van der Waals surface area contributed by atoms with Gasteiger partial charge in [-0.15, -0.1) is 0 Å². The molecule has 0 spiro atoms. The fourth-order valence-electron chi connectivity index (χ4n) is 3.72. The average Bonchev–Trinajstić information content (AvgIpc) is 2.78. The number of esters is 1. The summed E-state index contributed by atoms with van der Waals surface area (Å²) in [6.45, 7) is 5.00. The zero-order valence-corrected chi connectivity index (χ0v) is 18.0. The molecule has 2 aromatic carbocycles. The Bertz CT molecular complexity index is 1020. The van der Waals surface area contributed by atoms with Crippen LogP contribution in [0.5, 0.6) is 5.75 Å². The molecule has 0 aliphatic rings. The van der Waals surface area contributed by atoms with Gasteiger partial charge in [0.15, 0.2) is 0 Å². The number of nitrogens with one attached hydrogen (secondary N) is 2. The molecule has 0 bridgehead atoms. The van der Waals surface area contributed by atoms with Crippen LogP contribution in [0.4, 0.5) is 5.82 Å². The quantitative estimate of drug-likeness (QED) is 0.356. The molecule has 6 heteroatoms. The van der Waals surface area contributed by atoms with Gasteiger partial charge in [0.1, 0.15) is 17.1 Å². The molecule has 1 aromatic heterocycles. The lowest BCUT2D eigenvalue weighted by Crippen LogP contribution is -2.23. The maximum absolute atomic E-state index is 12.7. The standard InChI is InChI=1S/C25H29N3O3/c1-3-10-18(2)15-20(19-11-6-4-7-12-19)16-26-23-22(17-27-25(30)28-23)24(29)31-21-13-8-5-9-14-21/h4-9,11-14,17-18,20H,3,10,15-16H2,1-2H3,(H2,26,27,28,30). The Labute approximate surface area is 182 Å². The predicted octanol–water partition coefficient (Wildman–Crippen LogP) is 5.01. The number of H-pyrrole nitrogens is 1. The Morgan fingerprint density at radius 2 is 1.77 bits per heavy atom. The van der Waals surface area contributed by atoms with Gasteiger partial charge in [-0.05, 0) is 30.0 Å². The fraction of sp³-hybridized carbons (Fsp3) is 0.320. The van der Waals surface area contributed by atoms with Gasteiger partial charge in [-0.3, -0.25) is 0 Å². The van der Waals surface area contributed by atoms with Crippen molar-refractivity contribution in [3.63, 3.8) is 0 Å². The molecule has 0 fully saturated rings. The Morgan fingerprint density at radius 1 is 1.10 bits per heavy atom. The third-order valence-corrected chi connectivity index (χ3v) is 5.24. The molecule has 0 saturated carbocycles. The van der Waals surface area contributed by atoms with Crippen molar-refractivity contribution in [3.05, 3.63) is 88.5 Å². The van der Waals surface area contributed by atoms with Crippen LogP contribution in [0.1, 0.15) is 54.9 Å². The summed E-state index contributed by atoms with van der Waals surface area (Å²) in [6.07, 6.45) is 4.64. The first-order valence-electron chi connectivity index (χ1n) is 10.7. The van der Waals surface area contributed by atoms with E-state index in [2.05, 4.69) is 41.3 Å². The smallest absolute Gasteiger partial charge is 0.348 e. The van der Waals surface area contributed by atoms with Crippen LogP contribution in [-0.2, 0) is 0 Å². The van der Waals surface area contributed by atoms with E-state index in [1.165, 1.54) is 11.8 Å². The van der Waals surface area contributed by atoms with Crippen LogP contribution < -0.4 is 15.7 Å².